The average molecular weight is 365 g/mol. The van der Waals surface area contributed by atoms with Crippen LogP contribution in [-0.4, -0.2) is 5.91 Å². The molecule has 2 nitrogen and oxygen atoms in total. The molecule has 0 radical (unpaired) electrons. The number of aryl methyl sites for hydroxylation is 3. The number of amides is 1. The topological polar surface area (TPSA) is 29.1 Å². The Bertz CT molecular complexity index is 614. The molecule has 0 saturated heterocycles. The lowest BCUT2D eigenvalue weighted by Crippen LogP contribution is -2.14. The second-order valence-electron chi connectivity index (χ2n) is 4.68. The Kier molecular flexibility index (Phi) is 4.24. The van der Waals surface area contributed by atoms with Crippen molar-refractivity contribution in [1.82, 2.24) is 0 Å². The van der Waals surface area contributed by atoms with Gasteiger partial charge in [0.1, 0.15) is 0 Å². The Morgan fingerprint density at radius 3 is 2.21 bits per heavy atom. The van der Waals surface area contributed by atoms with E-state index in [1.165, 1.54) is 5.56 Å². The molecule has 0 aliphatic rings. The first-order valence-electron chi connectivity index (χ1n) is 6.13. The van der Waals surface area contributed by atoms with Crippen LogP contribution in [0.4, 0.5) is 5.69 Å². The highest BCUT2D eigenvalue weighted by atomic mass is 127. The van der Waals surface area contributed by atoms with Crippen LogP contribution in [0.15, 0.2) is 36.4 Å². The molecule has 2 aromatic carbocycles. The van der Waals surface area contributed by atoms with Crippen molar-refractivity contribution in [3.63, 3.8) is 0 Å². The van der Waals surface area contributed by atoms with Crippen molar-refractivity contribution in [1.29, 1.82) is 0 Å². The van der Waals surface area contributed by atoms with Crippen LogP contribution < -0.4 is 5.32 Å². The van der Waals surface area contributed by atoms with Crippen molar-refractivity contribution in [2.75, 3.05) is 5.32 Å². The first kappa shape index (κ1) is 14.1. The van der Waals surface area contributed by atoms with Crippen LogP contribution in [0.5, 0.6) is 0 Å². The minimum Gasteiger partial charge on any atom is -0.322 e. The highest BCUT2D eigenvalue weighted by Gasteiger charge is 2.10. The van der Waals surface area contributed by atoms with Gasteiger partial charge in [-0.3, -0.25) is 4.79 Å². The summed E-state index contributed by atoms with van der Waals surface area (Å²) < 4.78 is 1.10. The maximum atomic E-state index is 12.3. The largest absolute Gasteiger partial charge is 0.322 e. The molecule has 0 aliphatic heterocycles. The fraction of sp³-hybridized carbons (Fsp3) is 0.188. The van der Waals surface area contributed by atoms with E-state index in [1.807, 2.05) is 57.2 Å². The monoisotopic (exact) mass is 365 g/mol. The second kappa shape index (κ2) is 5.74. The Morgan fingerprint density at radius 1 is 1.00 bits per heavy atom. The zero-order valence-corrected chi connectivity index (χ0v) is 13.4. The minimum atomic E-state index is -0.0599. The summed E-state index contributed by atoms with van der Waals surface area (Å²) in [6.07, 6.45) is 0. The zero-order chi connectivity index (χ0) is 14.0. The van der Waals surface area contributed by atoms with E-state index in [0.717, 1.165) is 20.4 Å². The van der Waals surface area contributed by atoms with Gasteiger partial charge >= 0.3 is 0 Å². The van der Waals surface area contributed by atoms with E-state index in [0.29, 0.717) is 5.56 Å². The quantitative estimate of drug-likeness (QED) is 0.782. The van der Waals surface area contributed by atoms with E-state index in [-0.39, 0.29) is 5.91 Å². The summed E-state index contributed by atoms with van der Waals surface area (Å²) in [5.41, 5.74) is 4.94. The number of hydrogen-bond donors (Lipinski definition) is 1. The molecule has 0 bridgehead atoms. The fourth-order valence-electron chi connectivity index (χ4n) is 1.93. The molecule has 0 saturated carbocycles. The van der Waals surface area contributed by atoms with E-state index >= 15 is 0 Å². The average Bonchev–Trinajstić information content (AvgIpc) is 2.37. The molecule has 2 rings (SSSR count). The zero-order valence-electron chi connectivity index (χ0n) is 11.3. The van der Waals surface area contributed by atoms with E-state index in [4.69, 9.17) is 0 Å². The van der Waals surface area contributed by atoms with Crippen LogP contribution in [0.1, 0.15) is 27.0 Å². The van der Waals surface area contributed by atoms with Gasteiger partial charge in [0.25, 0.3) is 5.91 Å². The van der Waals surface area contributed by atoms with Crippen molar-refractivity contribution in [3.05, 3.63) is 62.2 Å². The number of carbonyl (C=O) groups is 1. The molecule has 98 valence electrons. The first-order valence-corrected chi connectivity index (χ1v) is 7.20. The van der Waals surface area contributed by atoms with E-state index in [9.17, 15) is 4.79 Å². The summed E-state index contributed by atoms with van der Waals surface area (Å²) in [6.45, 7) is 6.04. The number of hydrogen-bond acceptors (Lipinski definition) is 1. The van der Waals surface area contributed by atoms with Gasteiger partial charge in [-0.1, -0.05) is 24.3 Å². The molecule has 19 heavy (non-hydrogen) atoms. The van der Waals surface area contributed by atoms with Gasteiger partial charge in [0, 0.05) is 14.8 Å². The molecule has 0 spiro atoms. The van der Waals surface area contributed by atoms with E-state index < -0.39 is 0 Å². The molecule has 1 N–H and O–H groups in total. The number of carbonyl (C=O) groups excluding carboxylic acids is 1. The number of para-hydroxylation sites is 1. The lowest BCUT2D eigenvalue weighted by Gasteiger charge is -2.12. The molecule has 0 aliphatic carbocycles. The van der Waals surface area contributed by atoms with Crippen LogP contribution in [0.3, 0.4) is 0 Å². The van der Waals surface area contributed by atoms with Gasteiger partial charge in [0.2, 0.25) is 0 Å². The summed E-state index contributed by atoms with van der Waals surface area (Å²) in [5.74, 6) is -0.0599. The molecule has 0 unspecified atom stereocenters. The molecule has 1 amide bonds. The van der Waals surface area contributed by atoms with Crippen LogP contribution >= 0.6 is 22.6 Å². The van der Waals surface area contributed by atoms with Gasteiger partial charge in [-0.25, -0.2) is 0 Å². The van der Waals surface area contributed by atoms with Gasteiger partial charge in [-0.15, -0.1) is 0 Å². The number of rotatable bonds is 2. The van der Waals surface area contributed by atoms with Crippen LogP contribution in [0, 0.1) is 24.3 Å². The van der Waals surface area contributed by atoms with Crippen molar-refractivity contribution in [2.24, 2.45) is 0 Å². The third kappa shape index (κ3) is 3.15. The third-order valence-corrected chi connectivity index (χ3v) is 4.32. The molecule has 3 heteroatoms. The number of nitrogens with one attached hydrogen (secondary N) is 1. The highest BCUT2D eigenvalue weighted by Crippen LogP contribution is 2.21. The molecule has 2 aromatic rings. The summed E-state index contributed by atoms with van der Waals surface area (Å²) in [6, 6.07) is 11.7. The normalized spacial score (nSPS) is 10.3. The molecule has 0 heterocycles. The fourth-order valence-corrected chi connectivity index (χ4v) is 2.45. The van der Waals surface area contributed by atoms with Gasteiger partial charge in [-0.2, -0.15) is 0 Å². The highest BCUT2D eigenvalue weighted by molar-refractivity contribution is 14.1. The Labute approximate surface area is 127 Å². The first-order chi connectivity index (χ1) is 8.99. The summed E-state index contributed by atoms with van der Waals surface area (Å²) in [7, 11) is 0. The van der Waals surface area contributed by atoms with Gasteiger partial charge in [-0.05, 0) is 72.2 Å². The number of halogens is 1. The predicted molar refractivity (Wildman–Crippen MR) is 87.8 cm³/mol. The van der Waals surface area contributed by atoms with Crippen molar-refractivity contribution in [3.8, 4) is 0 Å². The number of benzene rings is 2. The molecule has 0 aromatic heterocycles. The van der Waals surface area contributed by atoms with Crippen molar-refractivity contribution < 1.29 is 4.79 Å². The van der Waals surface area contributed by atoms with E-state index in [1.54, 1.807) is 0 Å². The predicted octanol–water partition coefficient (Wildman–Crippen LogP) is 4.47. The van der Waals surface area contributed by atoms with E-state index in [2.05, 4.69) is 27.9 Å². The lowest BCUT2D eigenvalue weighted by atomic mass is 10.1. The van der Waals surface area contributed by atoms with Gasteiger partial charge < -0.3 is 5.32 Å². The standard InChI is InChI=1S/C16H16INO/c1-10-7-8-13(9-14(10)17)16(19)18-15-11(2)5-4-6-12(15)3/h4-9H,1-3H3,(H,18,19). The van der Waals surface area contributed by atoms with Gasteiger partial charge in [0.15, 0.2) is 0 Å². The second-order valence-corrected chi connectivity index (χ2v) is 5.85. The third-order valence-electron chi connectivity index (χ3n) is 3.15. The maximum absolute atomic E-state index is 12.3. The SMILES string of the molecule is Cc1ccc(C(=O)Nc2c(C)cccc2C)cc1I. The Hall–Kier alpha value is -1.36. The molecular weight excluding hydrogens is 349 g/mol. The molecular formula is C16H16INO. The van der Waals surface area contributed by atoms with Crippen molar-refractivity contribution in [2.45, 2.75) is 20.8 Å². The maximum Gasteiger partial charge on any atom is 0.255 e. The van der Waals surface area contributed by atoms with Gasteiger partial charge in [0.05, 0.1) is 0 Å². The van der Waals surface area contributed by atoms with Crippen molar-refractivity contribution >= 4 is 34.2 Å². The summed E-state index contributed by atoms with van der Waals surface area (Å²) >= 11 is 2.25. The number of anilines is 1. The Morgan fingerprint density at radius 2 is 1.63 bits per heavy atom. The lowest BCUT2D eigenvalue weighted by molar-refractivity contribution is 0.102. The summed E-state index contributed by atoms with van der Waals surface area (Å²) in [4.78, 5) is 12.3. The molecule has 0 fully saturated rings. The Balaban J connectivity index is 2.28. The van der Waals surface area contributed by atoms with Crippen LogP contribution in [0.25, 0.3) is 0 Å². The smallest absolute Gasteiger partial charge is 0.255 e. The summed E-state index contributed by atoms with van der Waals surface area (Å²) in [5, 5.41) is 3.00. The van der Waals surface area contributed by atoms with Crippen LogP contribution in [-0.2, 0) is 0 Å². The molecule has 0 atom stereocenters. The minimum absolute atomic E-state index is 0.0599. The van der Waals surface area contributed by atoms with Crippen LogP contribution in [0.2, 0.25) is 0 Å².